The fraction of sp³-hybridized carbons (Fsp3) is 0.800. The Morgan fingerprint density at radius 3 is 2.19 bits per heavy atom. The molecule has 1 fully saturated rings. The van der Waals surface area contributed by atoms with Gasteiger partial charge < -0.3 is 4.90 Å². The van der Waals surface area contributed by atoms with E-state index in [1.807, 2.05) is 0 Å². The molecule has 1 saturated heterocycles. The molecule has 0 aromatic rings. The van der Waals surface area contributed by atoms with Crippen LogP contribution in [0.3, 0.4) is 0 Å². The van der Waals surface area contributed by atoms with Crippen LogP contribution in [0.15, 0.2) is 0 Å². The van der Waals surface area contributed by atoms with E-state index in [1.54, 1.807) is 7.05 Å². The van der Waals surface area contributed by atoms with Crippen molar-refractivity contribution in [3.05, 3.63) is 0 Å². The highest BCUT2D eigenvalue weighted by Gasteiger charge is 2.30. The molecule has 0 bridgehead atoms. The molecule has 5 nitrogen and oxygen atoms in total. The summed E-state index contributed by atoms with van der Waals surface area (Å²) in [5.41, 5.74) is 0. The van der Waals surface area contributed by atoms with Crippen LogP contribution in [0.4, 0.5) is 0 Å². The Bertz CT molecular complexity index is 374. The number of sulfone groups is 1. The quantitative estimate of drug-likeness (QED) is 0.696. The topological polar surface area (TPSA) is 71.5 Å². The first-order valence-corrected chi connectivity index (χ1v) is 7.09. The summed E-state index contributed by atoms with van der Waals surface area (Å²) in [4.78, 5) is 24.1. The summed E-state index contributed by atoms with van der Waals surface area (Å²) < 4.78 is 22.4. The van der Waals surface area contributed by atoms with Crippen molar-refractivity contribution in [2.24, 2.45) is 5.92 Å². The Morgan fingerprint density at radius 1 is 1.25 bits per heavy atom. The van der Waals surface area contributed by atoms with Gasteiger partial charge in [-0.15, -0.1) is 0 Å². The molecular weight excluding hydrogens is 230 g/mol. The van der Waals surface area contributed by atoms with Crippen molar-refractivity contribution in [2.45, 2.75) is 19.8 Å². The summed E-state index contributed by atoms with van der Waals surface area (Å²) in [6.07, 6.45) is 0.757. The Kier molecular flexibility index (Phi) is 4.07. The van der Waals surface area contributed by atoms with Crippen LogP contribution in [0.1, 0.15) is 19.8 Å². The molecule has 6 heteroatoms. The van der Waals surface area contributed by atoms with Crippen molar-refractivity contribution in [2.75, 3.05) is 25.1 Å². The van der Waals surface area contributed by atoms with Crippen molar-refractivity contribution in [1.82, 2.24) is 4.90 Å². The van der Waals surface area contributed by atoms with Gasteiger partial charge in [-0.3, -0.25) is 9.59 Å². The monoisotopic (exact) mass is 247 g/mol. The summed E-state index contributed by atoms with van der Waals surface area (Å²) in [5, 5.41) is 0. The third-order valence-corrected chi connectivity index (χ3v) is 4.46. The average molecular weight is 247 g/mol. The molecule has 1 aliphatic rings. The normalized spacial score (nSPS) is 20.4. The molecule has 1 amide bonds. The van der Waals surface area contributed by atoms with Crippen LogP contribution in [0.25, 0.3) is 0 Å². The number of hydrogen-bond donors (Lipinski definition) is 0. The Labute approximate surface area is 95.7 Å². The lowest BCUT2D eigenvalue weighted by molar-refractivity contribution is -0.137. The van der Waals surface area contributed by atoms with Gasteiger partial charge in [0, 0.05) is 13.0 Å². The van der Waals surface area contributed by atoms with Crippen LogP contribution in [0, 0.1) is 5.92 Å². The number of likely N-dealkylation sites (N-methyl/N-ethyl adjacent to an activating group) is 1. The molecule has 1 heterocycles. The van der Waals surface area contributed by atoms with Gasteiger partial charge in [0.1, 0.15) is 15.6 Å². The van der Waals surface area contributed by atoms with Crippen LogP contribution >= 0.6 is 0 Å². The van der Waals surface area contributed by atoms with Crippen molar-refractivity contribution in [3.8, 4) is 0 Å². The van der Waals surface area contributed by atoms with Crippen molar-refractivity contribution in [3.63, 3.8) is 0 Å². The number of amides is 1. The van der Waals surface area contributed by atoms with Crippen LogP contribution in [0.2, 0.25) is 0 Å². The van der Waals surface area contributed by atoms with Crippen molar-refractivity contribution >= 4 is 21.5 Å². The standard InChI is InChI=1S/C10H17NO4S/c1-8(12)7-11(2)10(13)9-3-5-16(14,15)6-4-9/h9H,3-7H2,1-2H3. The van der Waals surface area contributed by atoms with Crippen LogP contribution in [0.5, 0.6) is 0 Å². The van der Waals surface area contributed by atoms with Gasteiger partial charge in [0.05, 0.1) is 18.1 Å². The molecule has 16 heavy (non-hydrogen) atoms. The second-order valence-electron chi connectivity index (χ2n) is 4.32. The first-order chi connectivity index (χ1) is 7.32. The van der Waals surface area contributed by atoms with Gasteiger partial charge in [0.25, 0.3) is 0 Å². The Hall–Kier alpha value is -0.910. The van der Waals surface area contributed by atoms with Gasteiger partial charge in [-0.25, -0.2) is 8.42 Å². The minimum atomic E-state index is -2.94. The second kappa shape index (κ2) is 4.95. The van der Waals surface area contributed by atoms with Crippen molar-refractivity contribution < 1.29 is 18.0 Å². The minimum Gasteiger partial charge on any atom is -0.338 e. The number of nitrogens with zero attached hydrogens (tertiary/aromatic N) is 1. The summed E-state index contributed by atoms with van der Waals surface area (Å²) in [7, 11) is -1.36. The zero-order valence-electron chi connectivity index (χ0n) is 9.60. The number of Topliss-reactive ketones (excluding diaryl/α,β-unsaturated/α-hetero) is 1. The predicted octanol–water partition coefficient (Wildman–Crippen LogP) is -0.141. The van der Waals surface area contributed by atoms with Crippen LogP contribution < -0.4 is 0 Å². The van der Waals surface area contributed by atoms with Gasteiger partial charge in [-0.05, 0) is 19.8 Å². The number of rotatable bonds is 3. The lowest BCUT2D eigenvalue weighted by Gasteiger charge is -2.25. The highest BCUT2D eigenvalue weighted by atomic mass is 32.2. The molecule has 0 aromatic carbocycles. The molecule has 0 aliphatic carbocycles. The van der Waals surface area contributed by atoms with Gasteiger partial charge in [-0.2, -0.15) is 0 Å². The number of ketones is 1. The zero-order valence-corrected chi connectivity index (χ0v) is 10.4. The van der Waals surface area contributed by atoms with Crippen LogP contribution in [-0.4, -0.2) is 50.1 Å². The molecule has 0 N–H and O–H groups in total. The maximum atomic E-state index is 11.8. The molecule has 92 valence electrons. The third kappa shape index (κ3) is 3.59. The summed E-state index contributed by atoms with van der Waals surface area (Å²) in [6, 6.07) is 0. The molecule has 0 unspecified atom stereocenters. The lowest BCUT2D eigenvalue weighted by Crippen LogP contribution is -2.39. The van der Waals surface area contributed by atoms with E-state index in [2.05, 4.69) is 0 Å². The highest BCUT2D eigenvalue weighted by molar-refractivity contribution is 7.91. The van der Waals surface area contributed by atoms with E-state index >= 15 is 0 Å². The maximum absolute atomic E-state index is 11.8. The van der Waals surface area contributed by atoms with E-state index in [0.717, 1.165) is 0 Å². The van der Waals surface area contributed by atoms with E-state index < -0.39 is 9.84 Å². The maximum Gasteiger partial charge on any atom is 0.225 e. The molecule has 1 aliphatic heterocycles. The fourth-order valence-electron chi connectivity index (χ4n) is 1.86. The van der Waals surface area contributed by atoms with E-state index in [9.17, 15) is 18.0 Å². The smallest absolute Gasteiger partial charge is 0.225 e. The zero-order chi connectivity index (χ0) is 12.3. The van der Waals surface area contributed by atoms with Gasteiger partial charge in [-0.1, -0.05) is 0 Å². The molecule has 0 atom stereocenters. The van der Waals surface area contributed by atoms with Crippen molar-refractivity contribution in [1.29, 1.82) is 0 Å². The molecule has 0 spiro atoms. The average Bonchev–Trinajstić information content (AvgIpc) is 2.15. The molecule has 0 aromatic heterocycles. The summed E-state index contributed by atoms with van der Waals surface area (Å²) in [6.45, 7) is 1.52. The molecule has 0 radical (unpaired) electrons. The second-order valence-corrected chi connectivity index (χ2v) is 6.63. The predicted molar refractivity (Wildman–Crippen MR) is 59.7 cm³/mol. The Morgan fingerprint density at radius 2 is 1.75 bits per heavy atom. The fourth-order valence-corrected chi connectivity index (χ4v) is 3.35. The number of carbonyl (C=O) groups is 2. The minimum absolute atomic E-state index is 0.0701. The van der Waals surface area contributed by atoms with E-state index in [1.165, 1.54) is 11.8 Å². The van der Waals surface area contributed by atoms with Crippen LogP contribution in [-0.2, 0) is 19.4 Å². The number of carbonyl (C=O) groups excluding carboxylic acids is 2. The molecule has 0 saturated carbocycles. The van der Waals surface area contributed by atoms with Gasteiger partial charge >= 0.3 is 0 Å². The van der Waals surface area contributed by atoms with E-state index in [4.69, 9.17) is 0 Å². The lowest BCUT2D eigenvalue weighted by atomic mass is 10.0. The summed E-state index contributed by atoms with van der Waals surface area (Å²) >= 11 is 0. The van der Waals surface area contributed by atoms with Gasteiger partial charge in [0.15, 0.2) is 0 Å². The van der Waals surface area contributed by atoms with E-state index in [0.29, 0.717) is 12.8 Å². The largest absolute Gasteiger partial charge is 0.338 e. The first-order valence-electron chi connectivity index (χ1n) is 5.26. The molecular formula is C10H17NO4S. The molecule has 1 rings (SSSR count). The highest BCUT2D eigenvalue weighted by Crippen LogP contribution is 2.20. The third-order valence-electron chi connectivity index (χ3n) is 2.74. The van der Waals surface area contributed by atoms with E-state index in [-0.39, 0.29) is 35.7 Å². The van der Waals surface area contributed by atoms with Gasteiger partial charge in [0.2, 0.25) is 5.91 Å². The first kappa shape index (κ1) is 13.2. The Balaban J connectivity index is 2.53. The SMILES string of the molecule is CC(=O)CN(C)C(=O)C1CCS(=O)(=O)CC1. The number of hydrogen-bond acceptors (Lipinski definition) is 4. The summed E-state index contributed by atoms with van der Waals surface area (Å²) in [5.74, 6) is -0.272.